The van der Waals surface area contributed by atoms with Crippen molar-refractivity contribution in [3.63, 3.8) is 0 Å². The van der Waals surface area contributed by atoms with Crippen LogP contribution < -0.4 is 16.4 Å². The lowest BCUT2D eigenvalue weighted by Crippen LogP contribution is -2.58. The van der Waals surface area contributed by atoms with Crippen molar-refractivity contribution in [3.8, 4) is 0 Å². The van der Waals surface area contributed by atoms with Crippen molar-refractivity contribution in [2.24, 2.45) is 5.73 Å². The molecule has 2 aromatic rings. The summed E-state index contributed by atoms with van der Waals surface area (Å²) in [5, 5.41) is 6.79. The van der Waals surface area contributed by atoms with Crippen molar-refractivity contribution in [1.29, 1.82) is 0 Å². The maximum absolute atomic E-state index is 15.2. The summed E-state index contributed by atoms with van der Waals surface area (Å²) in [5.41, 5.74) is 7.14. The number of amides is 1. The largest absolute Gasteiger partial charge is 0.324 e. The minimum Gasteiger partial charge on any atom is -0.324 e. The zero-order valence-electron chi connectivity index (χ0n) is 24.1. The van der Waals surface area contributed by atoms with Crippen LogP contribution in [0.25, 0.3) is 0 Å². The van der Waals surface area contributed by atoms with Gasteiger partial charge in [-0.25, -0.2) is 25.5 Å². The van der Waals surface area contributed by atoms with Gasteiger partial charge >= 0.3 is 0 Å². The van der Waals surface area contributed by atoms with Crippen LogP contribution in [0.2, 0.25) is 5.02 Å². The summed E-state index contributed by atoms with van der Waals surface area (Å²) in [6, 6.07) is 10.2. The molecule has 10 nitrogen and oxygen atoms in total. The molecule has 236 valence electrons. The fourth-order valence-corrected chi connectivity index (χ4v) is 9.50. The van der Waals surface area contributed by atoms with E-state index in [1.54, 1.807) is 34.6 Å². The highest BCUT2D eigenvalue weighted by atomic mass is 35.5. The monoisotopic (exact) mass is 655 g/mol. The van der Waals surface area contributed by atoms with Gasteiger partial charge in [0.15, 0.2) is 0 Å². The number of carbonyl (C=O) groups is 1. The number of rotatable bonds is 8. The Morgan fingerprint density at radius 1 is 1.21 bits per heavy atom. The molecule has 5 rings (SSSR count). The Labute approximate surface area is 258 Å². The topological polar surface area (TPSA) is 142 Å². The Morgan fingerprint density at radius 3 is 2.58 bits per heavy atom. The average Bonchev–Trinajstić information content (AvgIpc) is 3.08. The number of carbonyl (C=O) groups excluding carboxylic acids is 1. The number of hydrogen-bond donors (Lipinski definition) is 3. The maximum Gasteiger partial charge on any atom is 0.242 e. The molecule has 0 saturated carbocycles. The van der Waals surface area contributed by atoms with E-state index in [-0.39, 0.29) is 48.6 Å². The number of piperazine rings is 1. The van der Waals surface area contributed by atoms with Crippen molar-refractivity contribution in [1.82, 2.24) is 13.9 Å². The lowest BCUT2D eigenvalue weighted by molar-refractivity contribution is -0.119. The van der Waals surface area contributed by atoms with Crippen molar-refractivity contribution < 1.29 is 26.0 Å². The highest BCUT2D eigenvalue weighted by Crippen LogP contribution is 2.40. The SMILES string of the molecule is CS(=O)(=O)N1CCC(c2ccc(Cl)cc2)(C(N)C(=O)Nc2cccc(F)c2CCC2CNC3CCCS(=O)(=O)N2C3)CC1. The molecule has 4 atom stereocenters. The van der Waals surface area contributed by atoms with Crippen LogP contribution in [0, 0.1) is 5.82 Å². The van der Waals surface area contributed by atoms with E-state index >= 15 is 4.39 Å². The van der Waals surface area contributed by atoms with Gasteiger partial charge in [-0.15, -0.1) is 0 Å². The molecule has 2 aromatic carbocycles. The highest BCUT2D eigenvalue weighted by molar-refractivity contribution is 7.89. The van der Waals surface area contributed by atoms with Crippen molar-refractivity contribution >= 4 is 43.2 Å². The molecule has 0 aliphatic carbocycles. The van der Waals surface area contributed by atoms with Crippen LogP contribution in [0.15, 0.2) is 42.5 Å². The number of hydrogen-bond acceptors (Lipinski definition) is 7. The standard InChI is InChI=1S/C29H39ClFN5O5S2/c1-42(38,39)35-15-13-29(14-16-35,20-7-9-21(30)10-8-20)27(32)28(37)34-26-6-2-5-25(31)24(26)12-11-23-18-33-22-4-3-17-43(40,41)36(23)19-22/h2,5-10,22-23,27,33H,3-4,11-19,32H2,1H3,(H,34,37). The van der Waals surface area contributed by atoms with Crippen molar-refractivity contribution in [2.75, 3.05) is 43.5 Å². The van der Waals surface area contributed by atoms with Crippen LogP contribution in [0.5, 0.6) is 0 Å². The molecule has 3 saturated heterocycles. The van der Waals surface area contributed by atoms with Gasteiger partial charge in [-0.3, -0.25) is 4.79 Å². The van der Waals surface area contributed by atoms with Gasteiger partial charge in [-0.2, -0.15) is 4.31 Å². The Balaban J connectivity index is 1.36. The zero-order chi connectivity index (χ0) is 31.0. The van der Waals surface area contributed by atoms with Gasteiger partial charge in [0.2, 0.25) is 26.0 Å². The molecule has 2 bridgehead atoms. The predicted octanol–water partition coefficient (Wildman–Crippen LogP) is 2.44. The normalized spacial score (nSPS) is 26.3. The second kappa shape index (κ2) is 12.7. The molecule has 0 spiro atoms. The number of nitrogens with two attached hydrogens (primary N) is 1. The fourth-order valence-electron chi connectivity index (χ4n) is 6.72. The molecule has 4 N–H and O–H groups in total. The number of benzene rings is 2. The first-order chi connectivity index (χ1) is 20.3. The van der Waals surface area contributed by atoms with Crippen LogP contribution >= 0.6 is 11.6 Å². The van der Waals surface area contributed by atoms with Gasteiger partial charge in [-0.05, 0) is 68.4 Å². The van der Waals surface area contributed by atoms with Crippen LogP contribution in [0.3, 0.4) is 0 Å². The Morgan fingerprint density at radius 2 is 1.91 bits per heavy atom. The summed E-state index contributed by atoms with van der Waals surface area (Å²) >= 11 is 6.12. The molecule has 43 heavy (non-hydrogen) atoms. The van der Waals surface area contributed by atoms with Crippen LogP contribution in [0.1, 0.15) is 43.2 Å². The van der Waals surface area contributed by atoms with E-state index in [4.69, 9.17) is 17.3 Å². The van der Waals surface area contributed by atoms with E-state index in [2.05, 4.69) is 10.6 Å². The zero-order valence-corrected chi connectivity index (χ0v) is 26.5. The summed E-state index contributed by atoms with van der Waals surface area (Å²) < 4.78 is 68.3. The molecular weight excluding hydrogens is 617 g/mol. The molecule has 0 aromatic heterocycles. The van der Waals surface area contributed by atoms with Crippen LogP contribution in [-0.2, 0) is 36.7 Å². The lowest BCUT2D eigenvalue weighted by atomic mass is 9.68. The van der Waals surface area contributed by atoms with Gasteiger partial charge in [-0.1, -0.05) is 29.8 Å². The molecular formula is C29H39ClFN5O5S2. The summed E-state index contributed by atoms with van der Waals surface area (Å²) in [6.45, 7) is 1.29. The molecule has 3 aliphatic heterocycles. The minimum absolute atomic E-state index is 0.109. The third-order valence-corrected chi connectivity index (χ3v) is 12.8. The fraction of sp³-hybridized carbons (Fsp3) is 0.552. The smallest absolute Gasteiger partial charge is 0.242 e. The molecule has 4 unspecified atom stereocenters. The number of nitrogens with zero attached hydrogens (tertiary/aromatic N) is 2. The highest BCUT2D eigenvalue weighted by Gasteiger charge is 2.46. The third kappa shape index (κ3) is 6.92. The van der Waals surface area contributed by atoms with E-state index in [1.165, 1.54) is 16.4 Å². The van der Waals surface area contributed by atoms with E-state index in [1.807, 2.05) is 0 Å². The molecule has 3 heterocycles. The summed E-state index contributed by atoms with van der Waals surface area (Å²) in [6.07, 6.45) is 3.78. The van der Waals surface area contributed by atoms with Gasteiger partial charge in [0.05, 0.1) is 18.1 Å². The summed E-state index contributed by atoms with van der Waals surface area (Å²) in [5.74, 6) is -0.912. The second-order valence-corrected chi connectivity index (χ2v) is 16.3. The van der Waals surface area contributed by atoms with E-state index in [0.717, 1.165) is 18.2 Å². The molecule has 0 radical (unpaired) electrons. The third-order valence-electron chi connectivity index (χ3n) is 9.25. The molecule has 3 aliphatic rings. The van der Waals surface area contributed by atoms with Gasteiger partial charge in [0.25, 0.3) is 0 Å². The van der Waals surface area contributed by atoms with Crippen molar-refractivity contribution in [3.05, 3.63) is 64.4 Å². The second-order valence-electron chi connectivity index (χ2n) is 11.9. The van der Waals surface area contributed by atoms with Crippen LogP contribution in [0.4, 0.5) is 10.1 Å². The van der Waals surface area contributed by atoms with E-state index in [9.17, 15) is 21.6 Å². The van der Waals surface area contributed by atoms with Crippen LogP contribution in [-0.4, -0.2) is 87.7 Å². The Hall–Kier alpha value is -2.13. The summed E-state index contributed by atoms with van der Waals surface area (Å²) in [7, 11) is -6.81. The maximum atomic E-state index is 15.2. The lowest BCUT2D eigenvalue weighted by Gasteiger charge is -2.44. The number of fused-ring (bicyclic) bond motifs is 2. The number of anilines is 1. The number of sulfonamides is 2. The van der Waals surface area contributed by atoms with E-state index < -0.39 is 43.2 Å². The van der Waals surface area contributed by atoms with Gasteiger partial charge < -0.3 is 16.4 Å². The first kappa shape index (κ1) is 32.3. The number of nitrogens with one attached hydrogen (secondary N) is 2. The minimum atomic E-state index is -3.42. The van der Waals surface area contributed by atoms with Crippen molar-refractivity contribution in [2.45, 2.75) is 62.1 Å². The van der Waals surface area contributed by atoms with Gasteiger partial charge in [0.1, 0.15) is 5.82 Å². The van der Waals surface area contributed by atoms with Gasteiger partial charge in [0, 0.05) is 60.0 Å². The Bertz CT molecular complexity index is 1550. The predicted molar refractivity (Wildman–Crippen MR) is 165 cm³/mol. The first-order valence-corrected chi connectivity index (χ1v) is 18.4. The quantitative estimate of drug-likeness (QED) is 0.397. The molecule has 14 heteroatoms. The Kier molecular flexibility index (Phi) is 9.53. The number of piperidine rings is 1. The summed E-state index contributed by atoms with van der Waals surface area (Å²) in [4.78, 5) is 13.8. The van der Waals surface area contributed by atoms with E-state index in [0.29, 0.717) is 43.8 Å². The first-order valence-electron chi connectivity index (χ1n) is 14.6. The number of halogens is 2. The average molecular weight is 656 g/mol. The molecule has 1 amide bonds. The molecule has 3 fully saturated rings.